The van der Waals surface area contributed by atoms with Crippen molar-refractivity contribution < 1.29 is 70.5 Å². The number of carbonyl (C=O) groups excluding carboxylic acids is 1. The van der Waals surface area contributed by atoms with E-state index in [0.29, 0.717) is 18.0 Å². The fourth-order valence-electron chi connectivity index (χ4n) is 7.89. The summed E-state index contributed by atoms with van der Waals surface area (Å²) in [5.74, 6) is -3.54. The number of rotatable bonds is 38. The number of nitrogens with one attached hydrogen (secondary N) is 1. The highest BCUT2D eigenvalue weighted by atomic mass is 16.5. The van der Waals surface area contributed by atoms with Crippen LogP contribution in [0.5, 0.6) is 0 Å². The van der Waals surface area contributed by atoms with Gasteiger partial charge in [-0.15, -0.1) is 0 Å². The first-order valence-corrected chi connectivity index (χ1v) is 24.9. The average molecular weight is 984 g/mol. The van der Waals surface area contributed by atoms with Gasteiger partial charge in [-0.1, -0.05) is 90.2 Å². The normalized spacial score (nSPS) is 20.1. The maximum Gasteiger partial charge on any atom is 0.331 e. The van der Waals surface area contributed by atoms with Crippen LogP contribution >= 0.6 is 0 Å². The van der Waals surface area contributed by atoms with E-state index in [0.717, 1.165) is 38.6 Å². The van der Waals surface area contributed by atoms with Crippen LogP contribution in [0.1, 0.15) is 132 Å². The molecule has 400 valence electrons. The Kier molecular flexibility index (Phi) is 35.4. The molecule has 0 rings (SSSR count). The van der Waals surface area contributed by atoms with Gasteiger partial charge in [-0.05, 0) is 95.0 Å². The van der Waals surface area contributed by atoms with Crippen molar-refractivity contribution >= 4 is 17.9 Å². The van der Waals surface area contributed by atoms with Gasteiger partial charge in [0.15, 0.2) is 5.96 Å². The smallest absolute Gasteiger partial charge is 0.331 e. The molecule has 0 aliphatic rings. The van der Waals surface area contributed by atoms with Crippen LogP contribution in [0.2, 0.25) is 0 Å². The van der Waals surface area contributed by atoms with Gasteiger partial charge in [0.25, 0.3) is 0 Å². The van der Waals surface area contributed by atoms with Crippen molar-refractivity contribution in [2.45, 2.75) is 193 Å². The first-order valence-electron chi connectivity index (χ1n) is 24.9. The summed E-state index contributed by atoms with van der Waals surface area (Å²) in [4.78, 5) is 28.0. The summed E-state index contributed by atoms with van der Waals surface area (Å²) in [5.41, 5.74) is 6.23. The highest BCUT2D eigenvalue weighted by Crippen LogP contribution is 2.26. The van der Waals surface area contributed by atoms with Crippen molar-refractivity contribution in [2.75, 3.05) is 20.2 Å². The minimum Gasteiger partial charge on any atom is -0.481 e. The van der Waals surface area contributed by atoms with Crippen LogP contribution in [-0.2, 0) is 14.3 Å². The van der Waals surface area contributed by atoms with Crippen LogP contribution < -0.4 is 11.1 Å². The van der Waals surface area contributed by atoms with Crippen molar-refractivity contribution in [1.82, 2.24) is 5.32 Å². The number of carboxylic acids is 1. The lowest BCUT2D eigenvalue weighted by Crippen LogP contribution is -2.34. The molecule has 0 aromatic carbocycles. The van der Waals surface area contributed by atoms with E-state index in [1.165, 1.54) is 12.2 Å². The molecule has 0 fully saturated rings. The first-order chi connectivity index (χ1) is 32.4. The molecule has 0 aromatic rings. The Morgan fingerprint density at radius 2 is 1.25 bits per heavy atom. The molecule has 17 nitrogen and oxygen atoms in total. The van der Waals surface area contributed by atoms with E-state index in [-0.39, 0.29) is 69.3 Å². The van der Waals surface area contributed by atoms with Crippen molar-refractivity contribution in [3.8, 4) is 0 Å². The van der Waals surface area contributed by atoms with Crippen molar-refractivity contribution in [1.29, 1.82) is 0 Å². The largest absolute Gasteiger partial charge is 0.481 e. The molecule has 69 heavy (non-hydrogen) atoms. The summed E-state index contributed by atoms with van der Waals surface area (Å²) in [7, 11) is 1.63. The lowest BCUT2D eigenvalue weighted by Gasteiger charge is -2.28. The lowest BCUT2D eigenvalue weighted by molar-refractivity contribution is -0.147. The van der Waals surface area contributed by atoms with Crippen LogP contribution in [0.4, 0.5) is 0 Å². The molecule has 0 heterocycles. The van der Waals surface area contributed by atoms with Crippen LogP contribution in [0.3, 0.4) is 0 Å². The second-order valence-electron chi connectivity index (χ2n) is 19.3. The van der Waals surface area contributed by atoms with Gasteiger partial charge in [0, 0.05) is 56.4 Å². The minimum absolute atomic E-state index is 0.0133. The second-order valence-corrected chi connectivity index (χ2v) is 19.3. The van der Waals surface area contributed by atoms with Crippen molar-refractivity contribution in [3.63, 3.8) is 0 Å². The third-order valence-electron chi connectivity index (χ3n) is 13.1. The van der Waals surface area contributed by atoms with E-state index < -0.39 is 90.7 Å². The minimum atomic E-state index is -1.11. The van der Waals surface area contributed by atoms with E-state index in [9.17, 15) is 55.5 Å². The molecule has 14 N–H and O–H groups in total. The van der Waals surface area contributed by atoms with E-state index in [4.69, 9.17) is 20.7 Å². The Bertz CT molecular complexity index is 1570. The number of allylic oxidation sites excluding steroid dienone is 6. The second kappa shape index (κ2) is 37.3. The Hall–Kier alpha value is -3.49. The molecule has 0 radical (unpaired) electrons. The van der Waals surface area contributed by atoms with E-state index in [1.54, 1.807) is 66.0 Å². The third kappa shape index (κ3) is 30.1. The molecule has 0 saturated carbocycles. The van der Waals surface area contributed by atoms with Gasteiger partial charge >= 0.3 is 11.9 Å². The van der Waals surface area contributed by atoms with E-state index in [1.807, 2.05) is 19.9 Å². The predicted octanol–water partition coefficient (Wildman–Crippen LogP) is 3.82. The monoisotopic (exact) mass is 984 g/mol. The molecule has 0 spiro atoms. The number of esters is 1. The maximum absolute atomic E-state index is 13.2. The topological polar surface area (TPSA) is 316 Å². The van der Waals surface area contributed by atoms with Crippen LogP contribution in [0, 0.1) is 35.5 Å². The predicted molar refractivity (Wildman–Crippen MR) is 270 cm³/mol. The van der Waals surface area contributed by atoms with Gasteiger partial charge in [-0.3, -0.25) is 9.79 Å². The molecule has 0 aliphatic heterocycles. The van der Waals surface area contributed by atoms with Gasteiger partial charge in [-0.2, -0.15) is 0 Å². The van der Waals surface area contributed by atoms with Crippen LogP contribution in [0.15, 0.2) is 65.2 Å². The standard InChI is InChI=1S/C52H93N3O14/c1-33(44(61)31-47(64)38(6)43(60)24-23-34(2)45(62)32-48(65)66)18-14-15-22-49(67)69-51(36(4)19-13-11-9-10-12-16-26-55-52(53)54-8)37(5)21-17-20-35(3)50(68)39(7)46(63)30-42(59)29-41(58)28-40(57)25-27-56/h9-10,14-15,17-18,20-22,33-34,36-47,50-51,56-64,68H,11-13,16,19,23-32H2,1-8H3,(H,65,66)(H3,53,54,55)/b10-9+,18-14+,21-17+,22-15+,35-20+. The number of nitrogens with zero attached hydrogens (tertiary/aromatic N) is 1. The molecular formula is C52H93N3O14. The summed E-state index contributed by atoms with van der Waals surface area (Å²) in [6.45, 7) is 13.0. The number of hydrogen-bond donors (Lipinski definition) is 13. The van der Waals surface area contributed by atoms with Crippen LogP contribution in [0.25, 0.3) is 0 Å². The molecular weight excluding hydrogens is 891 g/mol. The highest BCUT2D eigenvalue weighted by molar-refractivity contribution is 5.82. The zero-order chi connectivity index (χ0) is 52.6. The number of ether oxygens (including phenoxy) is 1. The SMILES string of the molecule is CN=C(N)NCCC/C=C/CCCC(C)C(OC(=O)/C=C/C=C/C(C)C(O)CC(O)C(C)C(O)CCC(C)C(O)CC(=O)O)C(C)/C=C/C=C(\C)C(O)C(C)C(O)CC(O)CC(O)CC(O)CCO. The molecule has 16 unspecified atom stereocenters. The number of carbonyl (C=O) groups is 2. The molecule has 0 amide bonds. The molecule has 0 aromatic heterocycles. The number of aliphatic hydroxyl groups is 10. The number of aliphatic hydroxyl groups excluding tert-OH is 10. The van der Waals surface area contributed by atoms with Gasteiger partial charge in [0.05, 0.1) is 61.4 Å². The van der Waals surface area contributed by atoms with E-state index in [2.05, 4.69) is 22.5 Å². The van der Waals surface area contributed by atoms with Crippen LogP contribution in [-0.4, -0.2) is 155 Å². The first kappa shape index (κ1) is 65.5. The zero-order valence-corrected chi connectivity index (χ0v) is 42.7. The highest BCUT2D eigenvalue weighted by Gasteiger charge is 2.30. The summed E-state index contributed by atoms with van der Waals surface area (Å²) in [5, 5.41) is 116. The van der Waals surface area contributed by atoms with Gasteiger partial charge in [0.1, 0.15) is 6.10 Å². The fourth-order valence-corrected chi connectivity index (χ4v) is 7.89. The fraction of sp³-hybridized carbons (Fsp3) is 0.750. The Labute approximate surface area is 412 Å². The average Bonchev–Trinajstić information content (AvgIpc) is 3.28. The number of unbranched alkanes of at least 4 members (excludes halogenated alkanes) is 2. The molecule has 0 saturated heterocycles. The number of hydrogen-bond acceptors (Lipinski definition) is 14. The Balaban J connectivity index is 5.68. The zero-order valence-electron chi connectivity index (χ0n) is 42.7. The summed E-state index contributed by atoms with van der Waals surface area (Å²) in [6, 6.07) is 0. The molecule has 17 heteroatoms. The maximum atomic E-state index is 13.2. The number of nitrogens with two attached hydrogens (primary N) is 1. The van der Waals surface area contributed by atoms with Gasteiger partial charge in [0.2, 0.25) is 0 Å². The van der Waals surface area contributed by atoms with Crippen molar-refractivity contribution in [3.05, 3.63) is 60.3 Å². The molecule has 0 aliphatic carbocycles. The summed E-state index contributed by atoms with van der Waals surface area (Å²) >= 11 is 0. The number of aliphatic imine (C=N–C) groups is 1. The third-order valence-corrected chi connectivity index (χ3v) is 13.1. The van der Waals surface area contributed by atoms with E-state index >= 15 is 0 Å². The molecule has 0 bridgehead atoms. The number of aliphatic carboxylic acids is 1. The summed E-state index contributed by atoms with van der Waals surface area (Å²) in [6.07, 6.45) is 10.6. The summed E-state index contributed by atoms with van der Waals surface area (Å²) < 4.78 is 6.05. The van der Waals surface area contributed by atoms with Crippen molar-refractivity contribution in [2.24, 2.45) is 46.2 Å². The number of carboxylic acid groups (broad SMARTS) is 1. The van der Waals surface area contributed by atoms with Gasteiger partial charge in [-0.25, -0.2) is 4.79 Å². The quantitative estimate of drug-likeness (QED) is 0.00796. The Morgan fingerprint density at radius 3 is 1.87 bits per heavy atom. The number of guanidine groups is 1. The Morgan fingerprint density at radius 1 is 0.652 bits per heavy atom. The van der Waals surface area contributed by atoms with Gasteiger partial charge < -0.3 is 72.0 Å². The molecule has 16 atom stereocenters. The lowest BCUT2D eigenvalue weighted by atomic mass is 9.86.